The Morgan fingerprint density at radius 3 is 2.22 bits per heavy atom. The van der Waals surface area contributed by atoms with Crippen molar-refractivity contribution in [2.75, 3.05) is 5.88 Å². The lowest BCUT2D eigenvalue weighted by Crippen LogP contribution is -2.05. The summed E-state index contributed by atoms with van der Waals surface area (Å²) in [6.07, 6.45) is 0.958. The van der Waals surface area contributed by atoms with Gasteiger partial charge in [-0.15, -0.1) is 11.6 Å². The lowest BCUT2D eigenvalue weighted by Gasteiger charge is -2.16. The highest BCUT2D eigenvalue weighted by atomic mass is 79.9. The molecule has 18 heavy (non-hydrogen) atoms. The largest absolute Gasteiger partial charge is 0.126 e. The summed E-state index contributed by atoms with van der Waals surface area (Å²) in [5.74, 6) is 0.960. The molecular formula is C15H13Br2Cl. The molecule has 0 saturated heterocycles. The summed E-state index contributed by atoms with van der Waals surface area (Å²) in [4.78, 5) is 0. The van der Waals surface area contributed by atoms with Gasteiger partial charge in [-0.1, -0.05) is 62.2 Å². The Kier molecular flexibility index (Phi) is 5.28. The fraction of sp³-hybridized carbons (Fsp3) is 0.200. The summed E-state index contributed by atoms with van der Waals surface area (Å²) in [6.45, 7) is 0. The fourth-order valence-electron chi connectivity index (χ4n) is 1.96. The summed E-state index contributed by atoms with van der Waals surface area (Å²) >= 11 is 13.2. The van der Waals surface area contributed by atoms with Crippen LogP contribution < -0.4 is 0 Å². The molecule has 0 N–H and O–H groups in total. The Balaban J connectivity index is 2.20. The van der Waals surface area contributed by atoms with Crippen molar-refractivity contribution in [1.29, 1.82) is 0 Å². The first-order valence-electron chi connectivity index (χ1n) is 5.75. The second kappa shape index (κ2) is 6.74. The van der Waals surface area contributed by atoms with Crippen molar-refractivity contribution >= 4 is 43.5 Å². The molecule has 0 saturated carbocycles. The number of hydrogen-bond donors (Lipinski definition) is 0. The average molecular weight is 389 g/mol. The van der Waals surface area contributed by atoms with Gasteiger partial charge in [0.05, 0.1) is 0 Å². The third kappa shape index (κ3) is 3.59. The molecule has 2 aromatic rings. The van der Waals surface area contributed by atoms with Gasteiger partial charge in [0.2, 0.25) is 0 Å². The van der Waals surface area contributed by atoms with Crippen molar-refractivity contribution in [3.63, 3.8) is 0 Å². The number of hydrogen-bond acceptors (Lipinski definition) is 0. The molecule has 0 fully saturated rings. The molecule has 0 aliphatic carbocycles. The van der Waals surface area contributed by atoms with E-state index in [1.807, 2.05) is 6.07 Å². The van der Waals surface area contributed by atoms with Crippen LogP contribution in [0.25, 0.3) is 0 Å². The first kappa shape index (κ1) is 14.1. The number of halogens is 3. The first-order valence-corrected chi connectivity index (χ1v) is 7.87. The predicted molar refractivity (Wildman–Crippen MR) is 85.4 cm³/mol. The summed E-state index contributed by atoms with van der Waals surface area (Å²) < 4.78 is 2.24. The minimum atomic E-state index is 0.336. The Morgan fingerprint density at radius 1 is 0.944 bits per heavy atom. The molecule has 0 nitrogen and oxygen atoms in total. The maximum Gasteiger partial charge on any atom is 0.0295 e. The molecular weight excluding hydrogens is 375 g/mol. The molecule has 0 aliphatic heterocycles. The van der Waals surface area contributed by atoms with Gasteiger partial charge in [-0.05, 0) is 35.7 Å². The number of alkyl halides is 1. The van der Waals surface area contributed by atoms with Crippen molar-refractivity contribution in [3.05, 3.63) is 68.6 Å². The topological polar surface area (TPSA) is 0 Å². The molecule has 3 heteroatoms. The van der Waals surface area contributed by atoms with Crippen LogP contribution in [0.2, 0.25) is 0 Å². The summed E-state index contributed by atoms with van der Waals surface area (Å²) in [5.41, 5.74) is 2.58. The van der Waals surface area contributed by atoms with E-state index in [4.69, 9.17) is 11.6 Å². The van der Waals surface area contributed by atoms with Crippen LogP contribution in [0.4, 0.5) is 0 Å². The zero-order valence-corrected chi connectivity index (χ0v) is 13.7. The molecule has 94 valence electrons. The molecule has 0 spiro atoms. The quantitative estimate of drug-likeness (QED) is 0.583. The lowest BCUT2D eigenvalue weighted by molar-refractivity contribution is 0.762. The van der Waals surface area contributed by atoms with Gasteiger partial charge in [0.1, 0.15) is 0 Å². The van der Waals surface area contributed by atoms with E-state index in [9.17, 15) is 0 Å². The molecule has 2 aromatic carbocycles. The maximum atomic E-state index is 6.13. The van der Waals surface area contributed by atoms with Gasteiger partial charge in [0.15, 0.2) is 0 Å². The van der Waals surface area contributed by atoms with E-state index in [0.717, 1.165) is 15.4 Å². The second-order valence-electron chi connectivity index (χ2n) is 4.20. The third-order valence-electron chi connectivity index (χ3n) is 2.93. The predicted octanol–water partition coefficient (Wildman–Crippen LogP) is 5.78. The van der Waals surface area contributed by atoms with E-state index in [1.54, 1.807) is 0 Å². The van der Waals surface area contributed by atoms with E-state index in [0.29, 0.717) is 11.8 Å². The van der Waals surface area contributed by atoms with Crippen LogP contribution in [-0.4, -0.2) is 5.88 Å². The monoisotopic (exact) mass is 386 g/mol. The van der Waals surface area contributed by atoms with Crippen molar-refractivity contribution in [2.45, 2.75) is 12.3 Å². The number of benzene rings is 2. The lowest BCUT2D eigenvalue weighted by atomic mass is 9.94. The van der Waals surface area contributed by atoms with Crippen LogP contribution in [0.5, 0.6) is 0 Å². The normalized spacial score (nSPS) is 12.4. The molecule has 0 aliphatic rings. The van der Waals surface area contributed by atoms with Crippen LogP contribution in [0.1, 0.15) is 17.0 Å². The van der Waals surface area contributed by atoms with Gasteiger partial charge < -0.3 is 0 Å². The zero-order chi connectivity index (χ0) is 13.0. The molecule has 0 radical (unpaired) electrons. The minimum absolute atomic E-state index is 0.336. The van der Waals surface area contributed by atoms with Crippen LogP contribution in [0, 0.1) is 0 Å². The Bertz CT molecular complexity index is 508. The molecule has 1 unspecified atom stereocenters. The van der Waals surface area contributed by atoms with Gasteiger partial charge in [-0.25, -0.2) is 0 Å². The van der Waals surface area contributed by atoms with Gasteiger partial charge >= 0.3 is 0 Å². The highest BCUT2D eigenvalue weighted by molar-refractivity contribution is 9.10. The van der Waals surface area contributed by atoms with Crippen LogP contribution in [0.15, 0.2) is 57.5 Å². The van der Waals surface area contributed by atoms with Crippen molar-refractivity contribution in [1.82, 2.24) is 0 Å². The van der Waals surface area contributed by atoms with Crippen LogP contribution >= 0.6 is 43.5 Å². The second-order valence-corrected chi connectivity index (χ2v) is 6.28. The maximum absolute atomic E-state index is 6.13. The molecule has 0 heterocycles. The Labute approximate surface area is 130 Å². The van der Waals surface area contributed by atoms with Crippen molar-refractivity contribution in [3.8, 4) is 0 Å². The van der Waals surface area contributed by atoms with Crippen LogP contribution in [0.3, 0.4) is 0 Å². The Hall–Kier alpha value is -0.310. The summed E-state index contributed by atoms with van der Waals surface area (Å²) in [5, 5.41) is 0. The molecule has 0 bridgehead atoms. The zero-order valence-electron chi connectivity index (χ0n) is 9.74. The highest BCUT2D eigenvalue weighted by Crippen LogP contribution is 2.29. The van der Waals surface area contributed by atoms with Gasteiger partial charge in [0, 0.05) is 20.7 Å². The smallest absolute Gasteiger partial charge is 0.0295 e. The van der Waals surface area contributed by atoms with E-state index >= 15 is 0 Å². The highest BCUT2D eigenvalue weighted by Gasteiger charge is 2.13. The van der Waals surface area contributed by atoms with Crippen LogP contribution in [-0.2, 0) is 6.42 Å². The molecule has 1 atom stereocenters. The average Bonchev–Trinajstić information content (AvgIpc) is 2.39. The van der Waals surface area contributed by atoms with E-state index in [1.165, 1.54) is 11.1 Å². The van der Waals surface area contributed by atoms with E-state index in [2.05, 4.69) is 74.3 Å². The summed E-state index contributed by atoms with van der Waals surface area (Å²) in [6, 6.07) is 16.7. The Morgan fingerprint density at radius 2 is 1.61 bits per heavy atom. The molecule has 0 aromatic heterocycles. The minimum Gasteiger partial charge on any atom is -0.126 e. The summed E-state index contributed by atoms with van der Waals surface area (Å²) in [7, 11) is 0. The third-order valence-corrected chi connectivity index (χ3v) is 4.55. The first-order chi connectivity index (χ1) is 8.70. The van der Waals surface area contributed by atoms with Crippen molar-refractivity contribution in [2.24, 2.45) is 0 Å². The van der Waals surface area contributed by atoms with Gasteiger partial charge in [0.25, 0.3) is 0 Å². The number of rotatable bonds is 4. The van der Waals surface area contributed by atoms with Gasteiger partial charge in [-0.2, -0.15) is 0 Å². The molecule has 0 amide bonds. The molecule has 2 rings (SSSR count). The van der Waals surface area contributed by atoms with Gasteiger partial charge in [-0.3, -0.25) is 0 Å². The van der Waals surface area contributed by atoms with E-state index in [-0.39, 0.29) is 0 Å². The van der Waals surface area contributed by atoms with Crippen molar-refractivity contribution < 1.29 is 0 Å². The standard InChI is InChI=1S/C15H13Br2Cl/c16-13-7-5-11(6-8-13)9-12(10-18)14-3-1-2-4-15(14)17/h1-8,12H,9-10H2. The fourth-order valence-corrected chi connectivity index (χ4v) is 3.11. The van der Waals surface area contributed by atoms with E-state index < -0.39 is 0 Å². The SMILES string of the molecule is ClCC(Cc1ccc(Br)cc1)c1ccccc1Br.